The molecule has 0 aliphatic heterocycles. The summed E-state index contributed by atoms with van der Waals surface area (Å²) in [6.07, 6.45) is 1.32. The minimum atomic E-state index is -0.379. The molecule has 0 aliphatic rings. The number of aliphatic hydroxyl groups excluding tert-OH is 1. The summed E-state index contributed by atoms with van der Waals surface area (Å²) >= 11 is 0. The van der Waals surface area contributed by atoms with Crippen molar-refractivity contribution in [2.45, 2.75) is 33.3 Å². The van der Waals surface area contributed by atoms with Gasteiger partial charge in [-0.1, -0.05) is 44.2 Å². The normalized spacial score (nSPS) is 13.6. The molecule has 1 amide bonds. The summed E-state index contributed by atoms with van der Waals surface area (Å²) in [5, 5.41) is 11.6. The highest BCUT2D eigenvalue weighted by atomic mass is 16.5. The fraction of sp³-hybridized carbons (Fsp3) is 0.562. The van der Waals surface area contributed by atoms with E-state index in [1.807, 2.05) is 30.3 Å². The zero-order chi connectivity index (χ0) is 14.8. The van der Waals surface area contributed by atoms with Crippen molar-refractivity contribution in [3.8, 4) is 0 Å². The largest absolute Gasteiger partial charge is 0.445 e. The van der Waals surface area contributed by atoms with Crippen molar-refractivity contribution in [3.63, 3.8) is 0 Å². The van der Waals surface area contributed by atoms with Crippen LogP contribution in [0.4, 0.5) is 4.79 Å². The van der Waals surface area contributed by atoms with Crippen LogP contribution in [0.5, 0.6) is 0 Å². The molecular formula is C16H25NO3. The first kappa shape index (κ1) is 16.5. The van der Waals surface area contributed by atoms with Crippen molar-refractivity contribution in [2.75, 3.05) is 13.2 Å². The van der Waals surface area contributed by atoms with Crippen molar-refractivity contribution >= 4 is 6.09 Å². The van der Waals surface area contributed by atoms with E-state index in [1.165, 1.54) is 0 Å². The molecule has 0 aliphatic carbocycles. The second-order valence-corrected chi connectivity index (χ2v) is 5.24. The van der Waals surface area contributed by atoms with Gasteiger partial charge in [0.15, 0.2) is 0 Å². The molecule has 2 atom stereocenters. The van der Waals surface area contributed by atoms with Crippen molar-refractivity contribution in [1.82, 2.24) is 5.32 Å². The van der Waals surface area contributed by atoms with Gasteiger partial charge in [-0.25, -0.2) is 4.79 Å². The summed E-state index contributed by atoms with van der Waals surface area (Å²) in [4.78, 5) is 11.5. The van der Waals surface area contributed by atoms with Gasteiger partial charge in [-0.05, 0) is 30.2 Å². The number of amides is 1. The number of aliphatic hydroxyl groups is 1. The number of benzene rings is 1. The Kier molecular flexibility index (Phi) is 7.73. The maximum atomic E-state index is 11.5. The van der Waals surface area contributed by atoms with Gasteiger partial charge >= 0.3 is 6.09 Å². The molecule has 0 aromatic heterocycles. The van der Waals surface area contributed by atoms with Crippen molar-refractivity contribution in [1.29, 1.82) is 0 Å². The second-order valence-electron chi connectivity index (χ2n) is 5.24. The molecule has 0 saturated carbocycles. The fourth-order valence-electron chi connectivity index (χ4n) is 1.95. The molecule has 0 heterocycles. The molecule has 2 unspecified atom stereocenters. The van der Waals surface area contributed by atoms with Crippen LogP contribution >= 0.6 is 0 Å². The summed E-state index contributed by atoms with van der Waals surface area (Å²) in [6.45, 7) is 5.37. The highest BCUT2D eigenvalue weighted by molar-refractivity contribution is 5.67. The van der Waals surface area contributed by atoms with E-state index in [0.29, 0.717) is 25.0 Å². The molecule has 4 nitrogen and oxygen atoms in total. The van der Waals surface area contributed by atoms with E-state index in [4.69, 9.17) is 9.84 Å². The van der Waals surface area contributed by atoms with Crippen molar-refractivity contribution in [3.05, 3.63) is 35.9 Å². The second kappa shape index (κ2) is 9.37. The number of hydrogen-bond acceptors (Lipinski definition) is 3. The van der Waals surface area contributed by atoms with Gasteiger partial charge in [0, 0.05) is 13.2 Å². The van der Waals surface area contributed by atoms with E-state index in [1.54, 1.807) is 0 Å². The highest BCUT2D eigenvalue weighted by Gasteiger charge is 2.12. The Hall–Kier alpha value is -1.55. The molecule has 1 rings (SSSR count). The number of nitrogens with one attached hydrogen (secondary N) is 1. The molecule has 0 radical (unpaired) electrons. The average molecular weight is 279 g/mol. The summed E-state index contributed by atoms with van der Waals surface area (Å²) in [7, 11) is 0. The van der Waals surface area contributed by atoms with E-state index in [-0.39, 0.29) is 12.7 Å². The third-order valence-electron chi connectivity index (χ3n) is 3.64. The number of carbonyl (C=O) groups is 1. The smallest absolute Gasteiger partial charge is 0.407 e. The lowest BCUT2D eigenvalue weighted by Crippen LogP contribution is -2.27. The van der Waals surface area contributed by atoms with Gasteiger partial charge in [0.2, 0.25) is 0 Å². The van der Waals surface area contributed by atoms with Gasteiger partial charge in [-0.3, -0.25) is 0 Å². The van der Waals surface area contributed by atoms with E-state index in [0.717, 1.165) is 18.4 Å². The van der Waals surface area contributed by atoms with Crippen LogP contribution in [0.25, 0.3) is 0 Å². The molecule has 112 valence electrons. The Balaban J connectivity index is 2.14. The van der Waals surface area contributed by atoms with Gasteiger partial charge in [0.25, 0.3) is 0 Å². The van der Waals surface area contributed by atoms with Gasteiger partial charge in [0.1, 0.15) is 6.61 Å². The molecule has 1 aromatic rings. The molecule has 0 spiro atoms. The van der Waals surface area contributed by atoms with E-state index in [9.17, 15) is 4.79 Å². The standard InChI is InChI=1S/C16H25NO3/c1-13(14(2)9-11-18)8-10-17-16(19)20-12-15-6-4-3-5-7-15/h3-7,13-14,18H,8-12H2,1-2H3,(H,17,19). The maximum absolute atomic E-state index is 11.5. The van der Waals surface area contributed by atoms with Gasteiger partial charge in [-0.2, -0.15) is 0 Å². The van der Waals surface area contributed by atoms with E-state index < -0.39 is 0 Å². The van der Waals surface area contributed by atoms with E-state index >= 15 is 0 Å². The first-order valence-electron chi connectivity index (χ1n) is 7.19. The Morgan fingerprint density at radius 2 is 1.85 bits per heavy atom. The van der Waals surface area contributed by atoms with E-state index in [2.05, 4.69) is 19.2 Å². The van der Waals surface area contributed by atoms with Gasteiger partial charge in [-0.15, -0.1) is 0 Å². The van der Waals surface area contributed by atoms with Gasteiger partial charge in [0.05, 0.1) is 0 Å². The molecule has 0 saturated heterocycles. The van der Waals surface area contributed by atoms with Crippen LogP contribution in [0.3, 0.4) is 0 Å². The van der Waals surface area contributed by atoms with Crippen molar-refractivity contribution in [2.24, 2.45) is 11.8 Å². The molecule has 20 heavy (non-hydrogen) atoms. The molecule has 4 heteroatoms. The Morgan fingerprint density at radius 1 is 1.20 bits per heavy atom. The topological polar surface area (TPSA) is 58.6 Å². The Labute approximate surface area is 121 Å². The summed E-state index contributed by atoms with van der Waals surface area (Å²) < 4.78 is 5.13. The predicted octanol–water partition coefficient (Wildman–Crippen LogP) is 2.96. The monoisotopic (exact) mass is 279 g/mol. The molecular weight excluding hydrogens is 254 g/mol. The lowest BCUT2D eigenvalue weighted by molar-refractivity contribution is 0.138. The Bertz CT molecular complexity index is 381. The summed E-state index contributed by atoms with van der Waals surface area (Å²) in [5.74, 6) is 0.929. The van der Waals surface area contributed by atoms with Crippen LogP contribution in [0.2, 0.25) is 0 Å². The van der Waals surface area contributed by atoms with Crippen LogP contribution in [0.1, 0.15) is 32.3 Å². The third kappa shape index (κ3) is 6.57. The van der Waals surface area contributed by atoms with Gasteiger partial charge < -0.3 is 15.2 Å². The number of rotatable bonds is 8. The summed E-state index contributed by atoms with van der Waals surface area (Å²) in [5.41, 5.74) is 0.979. The number of ether oxygens (including phenoxy) is 1. The lowest BCUT2D eigenvalue weighted by atomic mass is 9.90. The minimum absolute atomic E-state index is 0.220. The molecule has 2 N–H and O–H groups in total. The highest BCUT2D eigenvalue weighted by Crippen LogP contribution is 2.17. The average Bonchev–Trinajstić information content (AvgIpc) is 2.46. The zero-order valence-electron chi connectivity index (χ0n) is 12.3. The number of alkyl carbamates (subject to hydrolysis) is 1. The quantitative estimate of drug-likeness (QED) is 0.769. The number of carbonyl (C=O) groups excluding carboxylic acids is 1. The fourth-order valence-corrected chi connectivity index (χ4v) is 1.95. The molecule has 1 aromatic carbocycles. The molecule has 0 bridgehead atoms. The third-order valence-corrected chi connectivity index (χ3v) is 3.64. The number of hydrogen-bond donors (Lipinski definition) is 2. The minimum Gasteiger partial charge on any atom is -0.445 e. The summed E-state index contributed by atoms with van der Waals surface area (Å²) in [6, 6.07) is 9.61. The van der Waals surface area contributed by atoms with Crippen LogP contribution in [0.15, 0.2) is 30.3 Å². The first-order valence-corrected chi connectivity index (χ1v) is 7.19. The van der Waals surface area contributed by atoms with Crippen LogP contribution in [-0.2, 0) is 11.3 Å². The van der Waals surface area contributed by atoms with Crippen LogP contribution in [0, 0.1) is 11.8 Å². The predicted molar refractivity (Wildman–Crippen MR) is 79.3 cm³/mol. The SMILES string of the molecule is CC(CCO)C(C)CCNC(=O)OCc1ccccc1. The van der Waals surface area contributed by atoms with Crippen LogP contribution in [-0.4, -0.2) is 24.4 Å². The maximum Gasteiger partial charge on any atom is 0.407 e. The molecule has 0 fully saturated rings. The van der Waals surface area contributed by atoms with Crippen LogP contribution < -0.4 is 5.32 Å². The Morgan fingerprint density at radius 3 is 2.50 bits per heavy atom. The van der Waals surface area contributed by atoms with Crippen molar-refractivity contribution < 1.29 is 14.6 Å². The first-order chi connectivity index (χ1) is 9.63. The zero-order valence-corrected chi connectivity index (χ0v) is 12.3. The lowest BCUT2D eigenvalue weighted by Gasteiger charge is -2.18.